The van der Waals surface area contributed by atoms with Crippen molar-refractivity contribution >= 4 is 43.4 Å². The molecular formula is C65H42N4. The third-order valence-electron chi connectivity index (χ3n) is 13.5. The second kappa shape index (κ2) is 16.9. The van der Waals surface area contributed by atoms with Gasteiger partial charge in [0.15, 0.2) is 17.5 Å². The minimum atomic E-state index is 0.624. The zero-order valence-electron chi connectivity index (χ0n) is 37.5. The molecule has 0 bridgehead atoms. The Kier molecular flexibility index (Phi) is 9.80. The Morgan fingerprint density at radius 3 is 1.45 bits per heavy atom. The summed E-state index contributed by atoms with van der Waals surface area (Å²) in [6.45, 7) is 0. The Morgan fingerprint density at radius 2 is 0.710 bits per heavy atom. The highest BCUT2D eigenvalue weighted by molar-refractivity contribution is 6.19. The first-order chi connectivity index (χ1) is 34.2. The Bertz CT molecular complexity index is 4030. The predicted molar refractivity (Wildman–Crippen MR) is 287 cm³/mol. The molecule has 0 atom stereocenters. The average molecular weight is 879 g/mol. The second-order valence-electron chi connectivity index (χ2n) is 17.6. The summed E-state index contributed by atoms with van der Waals surface area (Å²) in [5.74, 6) is 1.89. The highest BCUT2D eigenvalue weighted by atomic mass is 15.0. The van der Waals surface area contributed by atoms with Crippen LogP contribution in [0.1, 0.15) is 0 Å². The van der Waals surface area contributed by atoms with Crippen LogP contribution in [0.4, 0.5) is 0 Å². The van der Waals surface area contributed by atoms with Crippen LogP contribution in [-0.4, -0.2) is 19.5 Å². The first-order valence-electron chi connectivity index (χ1n) is 23.4. The van der Waals surface area contributed by atoms with E-state index in [-0.39, 0.29) is 0 Å². The maximum absolute atomic E-state index is 5.12. The summed E-state index contributed by atoms with van der Waals surface area (Å²) in [5, 5.41) is 7.44. The Hall–Kier alpha value is -9.25. The van der Waals surface area contributed by atoms with Crippen molar-refractivity contribution in [3.8, 4) is 84.4 Å². The molecule has 0 unspecified atom stereocenters. The van der Waals surface area contributed by atoms with Crippen LogP contribution in [0.5, 0.6) is 0 Å². The van der Waals surface area contributed by atoms with Gasteiger partial charge < -0.3 is 4.57 Å². The standard InChI is InChI=1S/C65H42N4/c1-4-16-43(17-5-1)44-30-32-48(33-31-44)64-66-63(47-20-8-3-9-21-47)67-65(68-64)52-24-14-23-49(40-52)50-36-39-57-56-26-12-13-29-60(56)69(61(57)42-50)53-37-34-46(35-38-53)54-27-15-28-58-59(45-18-6-2-7-19-45)41-51-22-10-11-25-55(51)62(54)58/h1-42H. The number of aromatic nitrogens is 4. The van der Waals surface area contributed by atoms with Crippen molar-refractivity contribution in [2.45, 2.75) is 0 Å². The van der Waals surface area contributed by atoms with Crippen molar-refractivity contribution in [2.75, 3.05) is 0 Å². The smallest absolute Gasteiger partial charge is 0.164 e. The highest BCUT2D eigenvalue weighted by Crippen LogP contribution is 2.42. The molecule has 13 rings (SSSR count). The molecule has 4 heteroatoms. The Labute approximate surface area is 400 Å². The molecule has 0 saturated heterocycles. The fourth-order valence-electron chi connectivity index (χ4n) is 10.1. The van der Waals surface area contributed by atoms with Crippen LogP contribution in [0, 0.1) is 0 Å². The minimum absolute atomic E-state index is 0.624. The van der Waals surface area contributed by atoms with Gasteiger partial charge in [-0.1, -0.05) is 218 Å². The maximum Gasteiger partial charge on any atom is 0.164 e. The van der Waals surface area contributed by atoms with E-state index in [0.717, 1.165) is 50.1 Å². The molecule has 13 aromatic rings. The van der Waals surface area contributed by atoms with Gasteiger partial charge in [0.05, 0.1) is 11.0 Å². The molecule has 11 aromatic carbocycles. The summed E-state index contributed by atoms with van der Waals surface area (Å²) in [6.07, 6.45) is 0. The van der Waals surface area contributed by atoms with Crippen LogP contribution in [0.3, 0.4) is 0 Å². The number of hydrogen-bond donors (Lipinski definition) is 0. The predicted octanol–water partition coefficient (Wildman–Crippen LogP) is 16.9. The number of benzene rings is 11. The lowest BCUT2D eigenvalue weighted by molar-refractivity contribution is 1.07. The van der Waals surface area contributed by atoms with E-state index in [4.69, 9.17) is 15.0 Å². The van der Waals surface area contributed by atoms with E-state index in [1.165, 1.54) is 60.1 Å². The zero-order valence-corrected chi connectivity index (χ0v) is 37.5. The van der Waals surface area contributed by atoms with Gasteiger partial charge >= 0.3 is 0 Å². The number of fused-ring (bicyclic) bond motifs is 6. The second-order valence-corrected chi connectivity index (χ2v) is 17.6. The molecule has 4 nitrogen and oxygen atoms in total. The molecule has 0 radical (unpaired) electrons. The molecule has 0 spiro atoms. The zero-order chi connectivity index (χ0) is 45.7. The Balaban J connectivity index is 0.899. The SMILES string of the molecule is c1ccc(-c2ccc(-c3nc(-c4ccccc4)nc(-c4cccc(-c5ccc6c7ccccc7n(-c7ccc(-c8cccc9c(-c%10ccccc%10)cc%10ccccc%10c89)cc7)c6c5)c4)n3)cc2)cc1. The van der Waals surface area contributed by atoms with Gasteiger partial charge in [-0.05, 0) is 102 Å². The van der Waals surface area contributed by atoms with Crippen LogP contribution < -0.4 is 0 Å². The van der Waals surface area contributed by atoms with Gasteiger partial charge in [-0.2, -0.15) is 0 Å². The van der Waals surface area contributed by atoms with E-state index in [1.807, 2.05) is 36.4 Å². The first kappa shape index (κ1) is 40.1. The lowest BCUT2D eigenvalue weighted by atomic mass is 9.89. The van der Waals surface area contributed by atoms with E-state index in [0.29, 0.717) is 17.5 Å². The van der Waals surface area contributed by atoms with Crippen molar-refractivity contribution in [1.29, 1.82) is 0 Å². The lowest BCUT2D eigenvalue weighted by Gasteiger charge is -2.16. The topological polar surface area (TPSA) is 43.6 Å². The fraction of sp³-hybridized carbons (Fsp3) is 0. The minimum Gasteiger partial charge on any atom is -0.309 e. The molecule has 0 saturated carbocycles. The van der Waals surface area contributed by atoms with Crippen LogP contribution in [0.25, 0.3) is 128 Å². The first-order valence-corrected chi connectivity index (χ1v) is 23.4. The molecule has 322 valence electrons. The summed E-state index contributed by atoms with van der Waals surface area (Å²) >= 11 is 0. The molecule has 2 aromatic heterocycles. The summed E-state index contributed by atoms with van der Waals surface area (Å²) in [4.78, 5) is 15.2. The highest BCUT2D eigenvalue weighted by Gasteiger charge is 2.18. The van der Waals surface area contributed by atoms with Gasteiger partial charge in [0.1, 0.15) is 0 Å². The van der Waals surface area contributed by atoms with E-state index in [2.05, 4.69) is 223 Å². The van der Waals surface area contributed by atoms with E-state index >= 15 is 0 Å². The Morgan fingerprint density at radius 1 is 0.246 bits per heavy atom. The third-order valence-corrected chi connectivity index (χ3v) is 13.5. The molecule has 0 aliphatic rings. The number of hydrogen-bond acceptors (Lipinski definition) is 3. The lowest BCUT2D eigenvalue weighted by Crippen LogP contribution is -2.00. The molecule has 0 fully saturated rings. The summed E-state index contributed by atoms with van der Waals surface area (Å²) in [5.41, 5.74) is 15.6. The number of nitrogens with zero attached hydrogens (tertiary/aromatic N) is 4. The summed E-state index contributed by atoms with van der Waals surface area (Å²) < 4.78 is 2.40. The van der Waals surface area contributed by atoms with Gasteiger partial charge in [0.2, 0.25) is 0 Å². The quantitative estimate of drug-likeness (QED) is 0.143. The van der Waals surface area contributed by atoms with Gasteiger partial charge in [-0.3, -0.25) is 0 Å². The fourth-order valence-corrected chi connectivity index (χ4v) is 10.1. The van der Waals surface area contributed by atoms with Crippen molar-refractivity contribution in [3.05, 3.63) is 255 Å². The maximum atomic E-state index is 5.12. The molecule has 0 N–H and O–H groups in total. The van der Waals surface area contributed by atoms with Gasteiger partial charge in [-0.25, -0.2) is 15.0 Å². The van der Waals surface area contributed by atoms with Crippen molar-refractivity contribution in [1.82, 2.24) is 19.5 Å². The molecular weight excluding hydrogens is 837 g/mol. The molecule has 0 aliphatic carbocycles. The van der Waals surface area contributed by atoms with Gasteiger partial charge in [0, 0.05) is 33.2 Å². The monoisotopic (exact) mass is 878 g/mol. The van der Waals surface area contributed by atoms with E-state index in [9.17, 15) is 0 Å². The number of para-hydroxylation sites is 1. The summed E-state index contributed by atoms with van der Waals surface area (Å²) in [7, 11) is 0. The van der Waals surface area contributed by atoms with E-state index < -0.39 is 0 Å². The van der Waals surface area contributed by atoms with Gasteiger partial charge in [0.25, 0.3) is 0 Å². The average Bonchev–Trinajstić information content (AvgIpc) is 3.77. The third kappa shape index (κ3) is 7.23. The van der Waals surface area contributed by atoms with E-state index in [1.54, 1.807) is 0 Å². The van der Waals surface area contributed by atoms with Crippen LogP contribution in [0.2, 0.25) is 0 Å². The molecule has 0 amide bonds. The summed E-state index contributed by atoms with van der Waals surface area (Å²) in [6, 6.07) is 90.8. The van der Waals surface area contributed by atoms with Crippen LogP contribution in [0.15, 0.2) is 255 Å². The van der Waals surface area contributed by atoms with Crippen molar-refractivity contribution in [3.63, 3.8) is 0 Å². The largest absolute Gasteiger partial charge is 0.309 e. The van der Waals surface area contributed by atoms with Crippen molar-refractivity contribution in [2.24, 2.45) is 0 Å². The number of rotatable bonds is 8. The molecule has 0 aliphatic heterocycles. The van der Waals surface area contributed by atoms with Gasteiger partial charge in [-0.15, -0.1) is 0 Å². The molecule has 2 heterocycles. The van der Waals surface area contributed by atoms with Crippen LogP contribution in [-0.2, 0) is 0 Å². The molecule has 69 heavy (non-hydrogen) atoms. The van der Waals surface area contributed by atoms with Crippen molar-refractivity contribution < 1.29 is 0 Å². The van der Waals surface area contributed by atoms with Crippen LogP contribution >= 0.6 is 0 Å². The normalized spacial score (nSPS) is 11.5.